The van der Waals surface area contributed by atoms with Gasteiger partial charge >= 0.3 is 0 Å². The minimum absolute atomic E-state index is 0.00977. The van der Waals surface area contributed by atoms with Gasteiger partial charge in [-0.1, -0.05) is 13.3 Å². The highest BCUT2D eigenvalue weighted by atomic mass is 16.6. The maximum atomic E-state index is 10.9. The Bertz CT molecular complexity index is 217. The van der Waals surface area contributed by atoms with Crippen LogP contribution in [0, 0.1) is 27.9 Å². The number of fused-ring (bicyclic) bond motifs is 2. The van der Waals surface area contributed by atoms with Crippen molar-refractivity contribution in [3.05, 3.63) is 10.1 Å². The molecule has 0 aliphatic heterocycles. The molecule has 2 fully saturated rings. The molecule has 0 N–H and O–H groups in total. The van der Waals surface area contributed by atoms with Gasteiger partial charge in [0.2, 0.25) is 6.04 Å². The highest BCUT2D eigenvalue weighted by Crippen LogP contribution is 2.51. The first-order chi connectivity index (χ1) is 6.24. The predicted octanol–water partition coefficient (Wildman–Crippen LogP) is 2.48. The lowest BCUT2D eigenvalue weighted by molar-refractivity contribution is -0.539. The SMILES string of the molecule is CCC[C@@H]1[C@H]2CC[C@H](C2)[C@H]1[N+](=O)[O-]. The first-order valence-electron chi connectivity index (χ1n) is 5.37. The van der Waals surface area contributed by atoms with Crippen molar-refractivity contribution in [3.8, 4) is 0 Å². The van der Waals surface area contributed by atoms with E-state index in [1.165, 1.54) is 6.42 Å². The van der Waals surface area contributed by atoms with Gasteiger partial charge in [0, 0.05) is 16.8 Å². The van der Waals surface area contributed by atoms with Gasteiger partial charge in [0.15, 0.2) is 0 Å². The second-order valence-corrected chi connectivity index (χ2v) is 4.56. The molecule has 3 heteroatoms. The lowest BCUT2D eigenvalue weighted by Crippen LogP contribution is -2.34. The van der Waals surface area contributed by atoms with E-state index in [1.54, 1.807) is 0 Å². The average Bonchev–Trinajstić information content (AvgIpc) is 2.63. The summed E-state index contributed by atoms with van der Waals surface area (Å²) in [5, 5.41) is 10.9. The van der Waals surface area contributed by atoms with Crippen molar-refractivity contribution in [2.45, 2.75) is 45.1 Å². The molecule has 74 valence electrons. The first kappa shape index (κ1) is 8.97. The van der Waals surface area contributed by atoms with Crippen molar-refractivity contribution in [1.29, 1.82) is 0 Å². The first-order valence-corrected chi connectivity index (χ1v) is 5.37. The van der Waals surface area contributed by atoms with Crippen LogP contribution in [0.1, 0.15) is 39.0 Å². The molecular formula is C10H17NO2. The van der Waals surface area contributed by atoms with Crippen LogP contribution in [-0.2, 0) is 0 Å². The van der Waals surface area contributed by atoms with Crippen LogP contribution in [0.15, 0.2) is 0 Å². The fourth-order valence-electron chi connectivity index (χ4n) is 3.45. The Balaban J connectivity index is 2.10. The minimum atomic E-state index is -0.196. The molecule has 0 aromatic carbocycles. The monoisotopic (exact) mass is 183 g/mol. The maximum absolute atomic E-state index is 10.9. The smallest absolute Gasteiger partial charge is 0.218 e. The molecule has 2 aliphatic carbocycles. The largest absolute Gasteiger partial charge is 0.264 e. The van der Waals surface area contributed by atoms with Gasteiger partial charge in [-0.05, 0) is 31.6 Å². The van der Waals surface area contributed by atoms with Crippen LogP contribution >= 0.6 is 0 Å². The second-order valence-electron chi connectivity index (χ2n) is 4.56. The van der Waals surface area contributed by atoms with Crippen molar-refractivity contribution in [1.82, 2.24) is 0 Å². The van der Waals surface area contributed by atoms with Gasteiger partial charge < -0.3 is 0 Å². The summed E-state index contributed by atoms with van der Waals surface area (Å²) in [6, 6.07) is -0.196. The molecule has 2 saturated carbocycles. The summed E-state index contributed by atoms with van der Waals surface area (Å²) in [6.07, 6.45) is 5.65. The minimum Gasteiger partial charge on any atom is -0.264 e. The van der Waals surface area contributed by atoms with E-state index in [0.717, 1.165) is 25.7 Å². The van der Waals surface area contributed by atoms with E-state index < -0.39 is 0 Å². The molecule has 0 amide bonds. The molecule has 0 unspecified atom stereocenters. The fraction of sp³-hybridized carbons (Fsp3) is 1.00. The van der Waals surface area contributed by atoms with Crippen LogP contribution in [0.25, 0.3) is 0 Å². The van der Waals surface area contributed by atoms with Crippen molar-refractivity contribution >= 4 is 0 Å². The van der Waals surface area contributed by atoms with Gasteiger partial charge in [0.25, 0.3) is 0 Å². The van der Waals surface area contributed by atoms with Crippen LogP contribution in [0.3, 0.4) is 0 Å². The zero-order valence-electron chi connectivity index (χ0n) is 8.11. The second kappa shape index (κ2) is 3.28. The fourth-order valence-corrected chi connectivity index (χ4v) is 3.45. The molecule has 0 saturated heterocycles. The Morgan fingerprint density at radius 3 is 2.69 bits per heavy atom. The van der Waals surface area contributed by atoms with Crippen molar-refractivity contribution < 1.29 is 4.92 Å². The molecule has 2 aliphatic rings. The summed E-state index contributed by atoms with van der Waals surface area (Å²) < 4.78 is 0. The van der Waals surface area contributed by atoms with E-state index in [2.05, 4.69) is 6.92 Å². The lowest BCUT2D eigenvalue weighted by atomic mass is 9.82. The van der Waals surface area contributed by atoms with Gasteiger partial charge in [-0.15, -0.1) is 0 Å². The Hall–Kier alpha value is -0.600. The van der Waals surface area contributed by atoms with E-state index in [-0.39, 0.29) is 11.0 Å². The molecule has 4 atom stereocenters. The van der Waals surface area contributed by atoms with Gasteiger partial charge in [-0.3, -0.25) is 10.1 Å². The number of nitro groups is 1. The summed E-state index contributed by atoms with van der Waals surface area (Å²) >= 11 is 0. The summed E-state index contributed by atoms with van der Waals surface area (Å²) in [5.41, 5.74) is 0. The molecule has 0 heterocycles. The normalized spacial score (nSPS) is 42.5. The molecule has 2 rings (SSSR count). The summed E-state index contributed by atoms with van der Waals surface area (Å²) in [4.78, 5) is 10.9. The summed E-state index contributed by atoms with van der Waals surface area (Å²) in [6.45, 7) is 2.13. The third-order valence-corrected chi connectivity index (χ3v) is 3.91. The Morgan fingerprint density at radius 1 is 1.38 bits per heavy atom. The third-order valence-electron chi connectivity index (χ3n) is 3.91. The van der Waals surface area contributed by atoms with Crippen LogP contribution in [0.5, 0.6) is 0 Å². The highest BCUT2D eigenvalue weighted by molar-refractivity contribution is 4.96. The van der Waals surface area contributed by atoms with E-state index in [9.17, 15) is 10.1 Å². The van der Waals surface area contributed by atoms with Crippen molar-refractivity contribution in [2.75, 3.05) is 0 Å². The van der Waals surface area contributed by atoms with E-state index in [4.69, 9.17) is 0 Å². The quantitative estimate of drug-likeness (QED) is 0.498. The lowest BCUT2D eigenvalue weighted by Gasteiger charge is -2.24. The number of nitrogens with zero attached hydrogens (tertiary/aromatic N) is 1. The zero-order valence-corrected chi connectivity index (χ0v) is 8.11. The molecule has 0 aromatic rings. The third kappa shape index (κ3) is 1.34. The van der Waals surface area contributed by atoms with Crippen molar-refractivity contribution in [2.24, 2.45) is 17.8 Å². The Morgan fingerprint density at radius 2 is 2.08 bits per heavy atom. The summed E-state index contributed by atoms with van der Waals surface area (Å²) in [7, 11) is 0. The molecule has 0 spiro atoms. The van der Waals surface area contributed by atoms with Gasteiger partial charge in [0.1, 0.15) is 0 Å². The highest BCUT2D eigenvalue weighted by Gasteiger charge is 2.53. The molecule has 0 aromatic heterocycles. The van der Waals surface area contributed by atoms with Crippen LogP contribution in [0.2, 0.25) is 0 Å². The van der Waals surface area contributed by atoms with E-state index >= 15 is 0 Å². The molecule has 3 nitrogen and oxygen atoms in total. The van der Waals surface area contributed by atoms with Crippen LogP contribution in [0.4, 0.5) is 0 Å². The number of hydrogen-bond donors (Lipinski definition) is 0. The zero-order chi connectivity index (χ0) is 9.42. The van der Waals surface area contributed by atoms with Crippen molar-refractivity contribution in [3.63, 3.8) is 0 Å². The summed E-state index contributed by atoms with van der Waals surface area (Å²) in [5.74, 6) is 1.50. The maximum Gasteiger partial charge on any atom is 0.218 e. The molecular weight excluding hydrogens is 166 g/mol. The van der Waals surface area contributed by atoms with E-state index in [1.807, 2.05) is 0 Å². The van der Waals surface area contributed by atoms with Gasteiger partial charge in [-0.25, -0.2) is 0 Å². The molecule has 2 bridgehead atoms. The van der Waals surface area contributed by atoms with Crippen LogP contribution in [-0.4, -0.2) is 11.0 Å². The number of rotatable bonds is 3. The molecule has 0 radical (unpaired) electrons. The standard InChI is InChI=1S/C10H17NO2/c1-2-3-9-7-4-5-8(6-7)10(9)11(12)13/h7-10H,2-6H2,1H3/t7-,8+,9+,10+/m0/s1. The number of hydrogen-bond acceptors (Lipinski definition) is 2. The van der Waals surface area contributed by atoms with Crippen LogP contribution < -0.4 is 0 Å². The topological polar surface area (TPSA) is 43.1 Å². The average molecular weight is 183 g/mol. The van der Waals surface area contributed by atoms with Gasteiger partial charge in [-0.2, -0.15) is 0 Å². The Kier molecular flexibility index (Phi) is 2.26. The predicted molar refractivity (Wildman–Crippen MR) is 50.0 cm³/mol. The van der Waals surface area contributed by atoms with E-state index in [0.29, 0.717) is 17.8 Å². The van der Waals surface area contributed by atoms with Gasteiger partial charge in [0.05, 0.1) is 0 Å². The molecule has 13 heavy (non-hydrogen) atoms. The Labute approximate surface area is 78.7 Å².